The minimum atomic E-state index is -4.69. The molecular weight excluding hydrogens is 335 g/mol. The zero-order valence-corrected chi connectivity index (χ0v) is 13.3. The molecule has 2 aromatic rings. The number of halogens is 3. The van der Waals surface area contributed by atoms with Crippen molar-refractivity contribution in [2.45, 2.75) is 11.1 Å². The smallest absolute Gasteiger partial charge is 0.416 e. The van der Waals surface area contributed by atoms with E-state index in [-0.39, 0.29) is 11.6 Å². The summed E-state index contributed by atoms with van der Waals surface area (Å²) >= 11 is 0. The summed E-state index contributed by atoms with van der Waals surface area (Å²) in [6.45, 7) is 0. The normalized spacial score (nSPS) is 12.3. The molecule has 1 aromatic heterocycles. The lowest BCUT2D eigenvalue weighted by molar-refractivity contribution is -0.137. The summed E-state index contributed by atoms with van der Waals surface area (Å²) in [7, 11) is -0.248. The summed E-state index contributed by atoms with van der Waals surface area (Å²) in [5.74, 6) is -0.114. The predicted molar refractivity (Wildman–Crippen MR) is 76.8 cm³/mol. The lowest BCUT2D eigenvalue weighted by Gasteiger charge is -2.18. The summed E-state index contributed by atoms with van der Waals surface area (Å²) in [6.07, 6.45) is -3.17. The van der Waals surface area contributed by atoms with Crippen LogP contribution in [-0.2, 0) is 23.2 Å². The van der Waals surface area contributed by atoms with Crippen LogP contribution in [0.5, 0.6) is 5.75 Å². The highest BCUT2D eigenvalue weighted by molar-refractivity contribution is 7.92. The minimum absolute atomic E-state index is 0.0869. The van der Waals surface area contributed by atoms with Crippen LogP contribution in [-0.4, -0.2) is 32.4 Å². The van der Waals surface area contributed by atoms with E-state index in [0.29, 0.717) is 6.07 Å². The Morgan fingerprint density at radius 1 is 1.26 bits per heavy atom. The van der Waals surface area contributed by atoms with Crippen molar-refractivity contribution in [2.75, 3.05) is 18.5 Å². The summed E-state index contributed by atoms with van der Waals surface area (Å²) in [5.41, 5.74) is -1.11. The molecule has 0 N–H and O–H groups in total. The van der Waals surface area contributed by atoms with Crippen LogP contribution in [0, 0.1) is 0 Å². The fourth-order valence-corrected chi connectivity index (χ4v) is 3.06. The summed E-state index contributed by atoms with van der Waals surface area (Å²) in [4.78, 5) is -0.530. The third kappa shape index (κ3) is 3.41. The number of ether oxygens (including phenoxy) is 1. The lowest BCUT2D eigenvalue weighted by Crippen LogP contribution is -2.27. The maximum atomic E-state index is 12.9. The van der Waals surface area contributed by atoms with Crippen LogP contribution in [0.3, 0.4) is 0 Å². The molecule has 0 amide bonds. The van der Waals surface area contributed by atoms with Crippen LogP contribution >= 0.6 is 0 Å². The Bertz CT molecular complexity index is 815. The molecule has 0 fully saturated rings. The molecule has 6 nitrogen and oxygen atoms in total. The third-order valence-electron chi connectivity index (χ3n) is 3.12. The van der Waals surface area contributed by atoms with Gasteiger partial charge in [0.1, 0.15) is 5.75 Å². The first kappa shape index (κ1) is 17.1. The highest BCUT2D eigenvalue weighted by Gasteiger charge is 2.34. The average molecular weight is 349 g/mol. The van der Waals surface area contributed by atoms with Gasteiger partial charge in [0.15, 0.2) is 5.82 Å². The molecule has 0 aliphatic carbocycles. The minimum Gasteiger partial charge on any atom is -0.497 e. The van der Waals surface area contributed by atoms with Gasteiger partial charge in [0.25, 0.3) is 10.0 Å². The van der Waals surface area contributed by atoms with Gasteiger partial charge in [-0.05, 0) is 12.1 Å². The first-order chi connectivity index (χ1) is 10.6. The molecule has 0 radical (unpaired) electrons. The maximum absolute atomic E-state index is 12.9. The first-order valence-electron chi connectivity index (χ1n) is 6.30. The molecule has 0 bridgehead atoms. The fraction of sp³-hybridized carbons (Fsp3) is 0.308. The van der Waals surface area contributed by atoms with Crippen LogP contribution < -0.4 is 9.04 Å². The van der Waals surface area contributed by atoms with E-state index in [9.17, 15) is 21.6 Å². The van der Waals surface area contributed by atoms with E-state index in [1.54, 1.807) is 7.05 Å². The Kier molecular flexibility index (Phi) is 4.29. The van der Waals surface area contributed by atoms with Crippen LogP contribution in [0.1, 0.15) is 5.56 Å². The number of methoxy groups -OCH3 is 1. The summed E-state index contributed by atoms with van der Waals surface area (Å²) in [5, 5.41) is 3.93. The number of hydrogen-bond acceptors (Lipinski definition) is 4. The molecule has 0 spiro atoms. The van der Waals surface area contributed by atoms with Crippen molar-refractivity contribution in [2.24, 2.45) is 7.05 Å². The number of benzene rings is 1. The van der Waals surface area contributed by atoms with Crippen molar-refractivity contribution in [1.82, 2.24) is 9.78 Å². The highest BCUT2D eigenvalue weighted by atomic mass is 32.2. The SMILES string of the molecule is COc1cc(C(F)(F)F)cc(S(=O)(=O)N(C)c2ccn(C)n2)c1. The highest BCUT2D eigenvalue weighted by Crippen LogP contribution is 2.34. The molecule has 0 saturated carbocycles. The van der Waals surface area contributed by atoms with E-state index in [2.05, 4.69) is 5.10 Å². The molecular formula is C13H14F3N3O3S. The average Bonchev–Trinajstić information content (AvgIpc) is 2.91. The standard InChI is InChI=1S/C13H14F3N3O3S/c1-18-5-4-12(17-18)19(2)23(20,21)11-7-9(13(14,15)16)6-10(8-11)22-3/h4-8H,1-3H3. The molecule has 0 unspecified atom stereocenters. The van der Waals surface area contributed by atoms with E-state index < -0.39 is 26.7 Å². The number of hydrogen-bond donors (Lipinski definition) is 0. The maximum Gasteiger partial charge on any atom is 0.416 e. The number of aryl methyl sites for hydroxylation is 1. The van der Waals surface area contributed by atoms with Gasteiger partial charge < -0.3 is 4.74 Å². The monoisotopic (exact) mass is 349 g/mol. The largest absolute Gasteiger partial charge is 0.497 e. The third-order valence-corrected chi connectivity index (χ3v) is 4.86. The van der Waals surface area contributed by atoms with E-state index in [1.165, 1.54) is 24.0 Å². The molecule has 0 saturated heterocycles. The van der Waals surface area contributed by atoms with Crippen molar-refractivity contribution in [3.05, 3.63) is 36.0 Å². The molecule has 1 aromatic carbocycles. The molecule has 0 aliphatic rings. The van der Waals surface area contributed by atoms with Gasteiger partial charge in [-0.1, -0.05) is 0 Å². The number of anilines is 1. The predicted octanol–water partition coefficient (Wildman–Crippen LogP) is 2.27. The second kappa shape index (κ2) is 5.76. The lowest BCUT2D eigenvalue weighted by atomic mass is 10.2. The van der Waals surface area contributed by atoms with Gasteiger partial charge in [0, 0.05) is 32.4 Å². The Balaban J connectivity index is 2.55. The van der Waals surface area contributed by atoms with Crippen molar-refractivity contribution in [1.29, 1.82) is 0 Å². The Morgan fingerprint density at radius 3 is 2.39 bits per heavy atom. The zero-order chi connectivity index (χ0) is 17.4. The molecule has 10 heteroatoms. The van der Waals surface area contributed by atoms with Crippen LogP contribution in [0.4, 0.5) is 19.0 Å². The molecule has 23 heavy (non-hydrogen) atoms. The van der Waals surface area contributed by atoms with Crippen LogP contribution in [0.15, 0.2) is 35.4 Å². The van der Waals surface area contributed by atoms with E-state index in [1.807, 2.05) is 0 Å². The number of nitrogens with zero attached hydrogens (tertiary/aromatic N) is 3. The van der Waals surface area contributed by atoms with Crippen molar-refractivity contribution in [3.8, 4) is 5.75 Å². The summed E-state index contributed by atoms with van der Waals surface area (Å²) < 4.78 is 70.8. The fourth-order valence-electron chi connectivity index (χ4n) is 1.85. The molecule has 2 rings (SSSR count). The van der Waals surface area contributed by atoms with Crippen LogP contribution in [0.25, 0.3) is 0 Å². The van der Waals surface area contributed by atoms with Gasteiger partial charge in [-0.2, -0.15) is 18.3 Å². The topological polar surface area (TPSA) is 64.4 Å². The van der Waals surface area contributed by atoms with Crippen molar-refractivity contribution >= 4 is 15.8 Å². The zero-order valence-electron chi connectivity index (χ0n) is 12.5. The van der Waals surface area contributed by atoms with Gasteiger partial charge in [-0.25, -0.2) is 8.42 Å². The number of sulfonamides is 1. The van der Waals surface area contributed by atoms with Crippen molar-refractivity contribution < 1.29 is 26.3 Å². The van der Waals surface area contributed by atoms with Gasteiger partial charge in [0.05, 0.1) is 17.6 Å². The van der Waals surface area contributed by atoms with Gasteiger partial charge in [-0.15, -0.1) is 0 Å². The molecule has 1 heterocycles. The van der Waals surface area contributed by atoms with Crippen LogP contribution in [0.2, 0.25) is 0 Å². The Hall–Kier alpha value is -2.23. The van der Waals surface area contributed by atoms with Gasteiger partial charge in [-0.3, -0.25) is 8.99 Å². The van der Waals surface area contributed by atoms with E-state index >= 15 is 0 Å². The second-order valence-corrected chi connectivity index (χ2v) is 6.68. The first-order valence-corrected chi connectivity index (χ1v) is 7.74. The number of aromatic nitrogens is 2. The molecule has 0 atom stereocenters. The quantitative estimate of drug-likeness (QED) is 0.849. The summed E-state index contributed by atoms with van der Waals surface area (Å²) in [6, 6.07) is 3.77. The van der Waals surface area contributed by atoms with Crippen molar-refractivity contribution in [3.63, 3.8) is 0 Å². The molecule has 0 aliphatic heterocycles. The van der Waals surface area contributed by atoms with Gasteiger partial charge >= 0.3 is 6.18 Å². The second-order valence-electron chi connectivity index (χ2n) is 4.72. The van der Waals surface area contributed by atoms with Gasteiger partial charge in [0.2, 0.25) is 0 Å². The number of rotatable bonds is 4. The van der Waals surface area contributed by atoms with E-state index in [0.717, 1.165) is 23.5 Å². The Labute approximate surface area is 131 Å². The Morgan fingerprint density at radius 2 is 1.91 bits per heavy atom. The molecule has 126 valence electrons. The van der Waals surface area contributed by atoms with E-state index in [4.69, 9.17) is 4.74 Å². The number of alkyl halides is 3.